The molecule has 0 radical (unpaired) electrons. The van der Waals surface area contributed by atoms with Crippen molar-refractivity contribution >= 4 is 5.97 Å². The third kappa shape index (κ3) is 3.03. The van der Waals surface area contributed by atoms with Gasteiger partial charge in [-0.15, -0.1) is 0 Å². The highest BCUT2D eigenvalue weighted by Crippen LogP contribution is 2.62. The molecule has 1 aromatic carbocycles. The second kappa shape index (κ2) is 6.74. The van der Waals surface area contributed by atoms with E-state index in [1.54, 1.807) is 7.11 Å². The van der Waals surface area contributed by atoms with Gasteiger partial charge >= 0.3 is 5.97 Å². The van der Waals surface area contributed by atoms with E-state index in [4.69, 9.17) is 14.2 Å². The largest absolute Gasteiger partial charge is 0.497 e. The van der Waals surface area contributed by atoms with E-state index in [9.17, 15) is 4.79 Å². The van der Waals surface area contributed by atoms with Crippen molar-refractivity contribution in [3.63, 3.8) is 0 Å². The summed E-state index contributed by atoms with van der Waals surface area (Å²) in [7, 11) is 1.67. The van der Waals surface area contributed by atoms with Crippen LogP contribution in [0, 0.1) is 23.2 Å². The van der Waals surface area contributed by atoms with Crippen LogP contribution in [0.25, 0.3) is 0 Å². The highest BCUT2D eigenvalue weighted by Gasteiger charge is 2.64. The molecule has 2 saturated heterocycles. The Kier molecular flexibility index (Phi) is 4.44. The maximum absolute atomic E-state index is 12.6. The summed E-state index contributed by atoms with van der Waals surface area (Å²) in [5.74, 6) is 1.72. The first-order valence-corrected chi connectivity index (χ1v) is 10.7. The number of ether oxygens (including phenoxy) is 3. The maximum atomic E-state index is 12.6. The zero-order valence-corrected chi connectivity index (χ0v) is 16.9. The highest BCUT2D eigenvalue weighted by molar-refractivity contribution is 5.75. The number of benzene rings is 1. The molecule has 6 atom stereocenters. The summed E-state index contributed by atoms with van der Waals surface area (Å²) in [6, 6.07) is 8.06. The summed E-state index contributed by atoms with van der Waals surface area (Å²) < 4.78 is 17.1. The molecule has 2 aliphatic heterocycles. The minimum Gasteiger partial charge on any atom is -0.497 e. The quantitative estimate of drug-likeness (QED) is 0.622. The molecule has 4 fully saturated rings. The smallest absolute Gasteiger partial charge is 0.310 e. The minimum atomic E-state index is -0.0366. The van der Waals surface area contributed by atoms with Crippen LogP contribution in [0.15, 0.2) is 24.3 Å². The van der Waals surface area contributed by atoms with Gasteiger partial charge in [0.2, 0.25) is 0 Å². The van der Waals surface area contributed by atoms with Crippen molar-refractivity contribution in [2.45, 2.75) is 57.3 Å². The van der Waals surface area contributed by atoms with Gasteiger partial charge in [-0.25, -0.2) is 0 Å². The Morgan fingerprint density at radius 1 is 1.25 bits per heavy atom. The molecule has 1 spiro atoms. The second-order valence-electron chi connectivity index (χ2n) is 9.58. The lowest BCUT2D eigenvalue weighted by Crippen LogP contribution is -2.51. The van der Waals surface area contributed by atoms with Crippen LogP contribution in [0.2, 0.25) is 0 Å². The van der Waals surface area contributed by atoms with Crippen molar-refractivity contribution in [3.8, 4) is 5.75 Å². The van der Waals surface area contributed by atoms with E-state index in [1.807, 2.05) is 12.1 Å². The predicted molar refractivity (Wildman–Crippen MR) is 105 cm³/mol. The molecule has 5 nitrogen and oxygen atoms in total. The van der Waals surface area contributed by atoms with E-state index in [1.165, 1.54) is 24.8 Å². The predicted octanol–water partition coefficient (Wildman–Crippen LogP) is 3.31. The van der Waals surface area contributed by atoms with Crippen LogP contribution < -0.4 is 10.1 Å². The lowest BCUT2D eigenvalue weighted by Gasteiger charge is -2.51. The summed E-state index contributed by atoms with van der Waals surface area (Å²) in [6.07, 6.45) is 5.85. The number of esters is 1. The van der Waals surface area contributed by atoms with Gasteiger partial charge in [-0.3, -0.25) is 4.79 Å². The van der Waals surface area contributed by atoms with Crippen LogP contribution in [-0.2, 0) is 20.8 Å². The Morgan fingerprint density at radius 3 is 2.75 bits per heavy atom. The zero-order chi connectivity index (χ0) is 19.4. The number of rotatable bonds is 5. The van der Waals surface area contributed by atoms with Gasteiger partial charge in [0.1, 0.15) is 11.9 Å². The van der Waals surface area contributed by atoms with Gasteiger partial charge in [-0.05, 0) is 61.1 Å². The number of nitrogens with one attached hydrogen (secondary N) is 1. The van der Waals surface area contributed by atoms with Crippen LogP contribution in [0.5, 0.6) is 5.75 Å². The normalized spacial score (nSPS) is 41.3. The topological polar surface area (TPSA) is 60.1 Å². The molecule has 2 heterocycles. The monoisotopic (exact) mass is 385 g/mol. The average molecular weight is 386 g/mol. The summed E-state index contributed by atoms with van der Waals surface area (Å²) >= 11 is 0. The molecule has 4 aliphatic rings. The van der Waals surface area contributed by atoms with Gasteiger partial charge in [0, 0.05) is 19.0 Å². The number of carbonyl (C=O) groups is 1. The molecular weight excluding hydrogens is 354 g/mol. The van der Waals surface area contributed by atoms with E-state index in [0.717, 1.165) is 31.7 Å². The first-order valence-electron chi connectivity index (χ1n) is 10.7. The average Bonchev–Trinajstić information content (AvgIpc) is 3.39. The number of carbonyl (C=O) groups excluding carboxylic acids is 1. The fourth-order valence-corrected chi connectivity index (χ4v) is 6.31. The van der Waals surface area contributed by atoms with Crippen LogP contribution in [0.4, 0.5) is 0 Å². The van der Waals surface area contributed by atoms with Crippen LogP contribution in [0.3, 0.4) is 0 Å². The third-order valence-corrected chi connectivity index (χ3v) is 7.93. The molecule has 1 N–H and O–H groups in total. The van der Waals surface area contributed by atoms with E-state index in [-0.39, 0.29) is 29.0 Å². The fraction of sp³-hybridized carbons (Fsp3) is 0.696. The zero-order valence-electron chi connectivity index (χ0n) is 16.9. The fourth-order valence-electron chi connectivity index (χ4n) is 6.31. The molecule has 2 aliphatic carbocycles. The number of fused-ring (bicyclic) bond motifs is 3. The number of hydrogen-bond donors (Lipinski definition) is 1. The molecule has 5 rings (SSSR count). The van der Waals surface area contributed by atoms with Crippen molar-refractivity contribution in [2.24, 2.45) is 23.2 Å². The molecule has 0 unspecified atom stereocenters. The van der Waals surface area contributed by atoms with Gasteiger partial charge in [0.25, 0.3) is 0 Å². The van der Waals surface area contributed by atoms with Crippen molar-refractivity contribution in [1.82, 2.24) is 5.32 Å². The van der Waals surface area contributed by atoms with Crippen molar-refractivity contribution in [3.05, 3.63) is 29.8 Å². The summed E-state index contributed by atoms with van der Waals surface area (Å²) in [4.78, 5) is 12.6. The Morgan fingerprint density at radius 2 is 2.04 bits per heavy atom. The Balaban J connectivity index is 1.24. The van der Waals surface area contributed by atoms with E-state index >= 15 is 0 Å². The molecule has 0 bridgehead atoms. The van der Waals surface area contributed by atoms with Gasteiger partial charge in [0.05, 0.1) is 25.2 Å². The van der Waals surface area contributed by atoms with Gasteiger partial charge < -0.3 is 19.5 Å². The van der Waals surface area contributed by atoms with E-state index in [0.29, 0.717) is 18.4 Å². The molecule has 28 heavy (non-hydrogen) atoms. The van der Waals surface area contributed by atoms with Gasteiger partial charge in [-0.1, -0.05) is 19.1 Å². The Hall–Kier alpha value is -1.59. The van der Waals surface area contributed by atoms with Crippen molar-refractivity contribution < 1.29 is 19.0 Å². The number of epoxide rings is 1. The van der Waals surface area contributed by atoms with Crippen LogP contribution in [0.1, 0.15) is 44.6 Å². The second-order valence-corrected chi connectivity index (χ2v) is 9.58. The molecule has 2 saturated carbocycles. The lowest BCUT2D eigenvalue weighted by atomic mass is 9.53. The van der Waals surface area contributed by atoms with Crippen LogP contribution >= 0.6 is 0 Å². The van der Waals surface area contributed by atoms with E-state index < -0.39 is 0 Å². The summed E-state index contributed by atoms with van der Waals surface area (Å²) in [5, 5.41) is 3.49. The molecule has 0 amide bonds. The Labute approximate surface area is 167 Å². The van der Waals surface area contributed by atoms with Gasteiger partial charge in [-0.2, -0.15) is 0 Å². The molecule has 5 heteroatoms. The molecule has 152 valence electrons. The van der Waals surface area contributed by atoms with Crippen LogP contribution in [-0.4, -0.2) is 37.9 Å². The Bertz CT molecular complexity index is 743. The standard InChI is InChI=1S/C23H31NO4/c1-22-8-3-9-23(14-27-23)20(22)10-17-18(21(25)28-19(17)11-22)13-24-12-15-4-6-16(26-2)7-5-15/h4-7,17-20,24H,3,8-14H2,1-2H3/t17-,18-,19+,20+,22+,23-/m0/s1. The third-order valence-electron chi connectivity index (χ3n) is 7.93. The van der Waals surface area contributed by atoms with Crippen molar-refractivity contribution in [1.29, 1.82) is 0 Å². The minimum absolute atomic E-state index is 0.00903. The molecular formula is C23H31NO4. The first-order chi connectivity index (χ1) is 13.5. The lowest BCUT2D eigenvalue weighted by molar-refractivity contribution is -0.147. The molecule has 1 aromatic rings. The number of hydrogen-bond acceptors (Lipinski definition) is 5. The summed E-state index contributed by atoms with van der Waals surface area (Å²) in [5.41, 5.74) is 1.57. The van der Waals surface area contributed by atoms with E-state index in [2.05, 4.69) is 24.4 Å². The highest BCUT2D eigenvalue weighted by atomic mass is 16.6. The van der Waals surface area contributed by atoms with Gasteiger partial charge in [0.15, 0.2) is 0 Å². The van der Waals surface area contributed by atoms with Crippen molar-refractivity contribution in [2.75, 3.05) is 20.3 Å². The number of methoxy groups -OCH3 is 1. The molecule has 0 aromatic heterocycles. The maximum Gasteiger partial charge on any atom is 0.310 e. The summed E-state index contributed by atoms with van der Waals surface area (Å²) in [6.45, 7) is 4.75. The first kappa shape index (κ1) is 18.4. The SMILES string of the molecule is COc1ccc(CNC[C@@H]2C(=O)O[C@@H]3C[C@@]4(C)CCC[C@]5(CO5)[C@@H]4C[C@@H]23)cc1.